The number of hydrogen-bond acceptors (Lipinski definition) is 5. The zero-order valence-electron chi connectivity index (χ0n) is 9.68. The second-order valence-corrected chi connectivity index (χ2v) is 4.50. The van der Waals surface area contributed by atoms with Crippen molar-refractivity contribution in [2.75, 3.05) is 26.4 Å². The van der Waals surface area contributed by atoms with Crippen LogP contribution in [0, 0.1) is 0 Å². The summed E-state index contributed by atoms with van der Waals surface area (Å²) in [6.45, 7) is 1.59. The van der Waals surface area contributed by atoms with E-state index < -0.39 is 11.6 Å². The first-order chi connectivity index (χ1) is 8.80. The van der Waals surface area contributed by atoms with Gasteiger partial charge in [0.15, 0.2) is 0 Å². The molecule has 0 radical (unpaired) electrons. The van der Waals surface area contributed by atoms with Gasteiger partial charge in [0, 0.05) is 11.1 Å². The van der Waals surface area contributed by atoms with Gasteiger partial charge in [-0.2, -0.15) is 0 Å². The first-order valence-electron chi connectivity index (χ1n) is 6.00. The van der Waals surface area contributed by atoms with E-state index in [0.717, 1.165) is 0 Å². The molecule has 0 saturated carbocycles. The molecule has 2 spiro atoms. The molecular weight excluding hydrogens is 236 g/mol. The quantitative estimate of drug-likeness (QED) is 0.680. The molecule has 1 aliphatic carbocycles. The molecule has 5 nitrogen and oxygen atoms in total. The number of hydrogen-bond donors (Lipinski definition) is 0. The maximum Gasteiger partial charge on any atom is 0.294 e. The molecule has 0 N–H and O–H groups in total. The fourth-order valence-electron chi connectivity index (χ4n) is 2.96. The minimum Gasteiger partial charge on any atom is -0.339 e. The van der Waals surface area contributed by atoms with E-state index in [9.17, 15) is 4.79 Å². The molecule has 5 heteroatoms. The molecule has 3 aliphatic rings. The van der Waals surface area contributed by atoms with Gasteiger partial charge in [-0.25, -0.2) is 0 Å². The van der Waals surface area contributed by atoms with Gasteiger partial charge in [-0.1, -0.05) is 24.3 Å². The molecule has 0 bridgehead atoms. The van der Waals surface area contributed by atoms with Crippen LogP contribution >= 0.6 is 0 Å². The molecule has 1 aromatic rings. The summed E-state index contributed by atoms with van der Waals surface area (Å²) >= 11 is 0. The molecule has 2 saturated heterocycles. The standard InChI is InChI=1S/C13H12O5/c14-11-9-3-1-2-4-10(9)12(15-5-6-16-12)13(11)17-7-8-18-13/h1-4H,5-8H2. The highest BCUT2D eigenvalue weighted by molar-refractivity contribution is 6.07. The largest absolute Gasteiger partial charge is 0.339 e. The molecule has 4 rings (SSSR count). The Morgan fingerprint density at radius 2 is 1.39 bits per heavy atom. The molecule has 18 heavy (non-hydrogen) atoms. The molecule has 2 fully saturated rings. The highest BCUT2D eigenvalue weighted by atomic mass is 16.8. The summed E-state index contributed by atoms with van der Waals surface area (Å²) in [6, 6.07) is 7.25. The lowest BCUT2D eigenvalue weighted by atomic mass is 10.0. The Hall–Kier alpha value is -1.27. The van der Waals surface area contributed by atoms with Crippen LogP contribution in [0.25, 0.3) is 0 Å². The van der Waals surface area contributed by atoms with Crippen molar-refractivity contribution in [3.05, 3.63) is 35.4 Å². The fourth-order valence-corrected chi connectivity index (χ4v) is 2.96. The van der Waals surface area contributed by atoms with Crippen LogP contribution in [0.15, 0.2) is 24.3 Å². The molecule has 2 aliphatic heterocycles. The number of fused-ring (bicyclic) bond motifs is 3. The highest BCUT2D eigenvalue weighted by Gasteiger charge is 2.71. The van der Waals surface area contributed by atoms with Crippen molar-refractivity contribution >= 4 is 5.78 Å². The number of carbonyl (C=O) groups is 1. The first-order valence-corrected chi connectivity index (χ1v) is 6.00. The van der Waals surface area contributed by atoms with Crippen LogP contribution in [0.2, 0.25) is 0 Å². The number of ether oxygens (including phenoxy) is 4. The number of carbonyl (C=O) groups excluding carboxylic acids is 1. The monoisotopic (exact) mass is 248 g/mol. The first kappa shape index (κ1) is 10.6. The topological polar surface area (TPSA) is 54.0 Å². The molecule has 0 atom stereocenters. The van der Waals surface area contributed by atoms with Crippen molar-refractivity contribution < 1.29 is 23.7 Å². The number of benzene rings is 1. The Kier molecular flexibility index (Phi) is 2.00. The van der Waals surface area contributed by atoms with Crippen LogP contribution in [-0.2, 0) is 24.7 Å². The van der Waals surface area contributed by atoms with Gasteiger partial charge >= 0.3 is 0 Å². The van der Waals surface area contributed by atoms with Crippen molar-refractivity contribution in [1.82, 2.24) is 0 Å². The van der Waals surface area contributed by atoms with E-state index in [1.807, 2.05) is 18.2 Å². The third kappa shape index (κ3) is 0.999. The summed E-state index contributed by atoms with van der Waals surface area (Å²) in [4.78, 5) is 12.6. The normalized spacial score (nSPS) is 27.2. The van der Waals surface area contributed by atoms with Gasteiger partial charge in [0.25, 0.3) is 11.6 Å². The van der Waals surface area contributed by atoms with Gasteiger partial charge in [-0.05, 0) is 0 Å². The lowest BCUT2D eigenvalue weighted by Crippen LogP contribution is -2.54. The van der Waals surface area contributed by atoms with Crippen molar-refractivity contribution in [2.45, 2.75) is 11.6 Å². The average Bonchev–Trinajstić information content (AvgIpc) is 3.11. The van der Waals surface area contributed by atoms with Gasteiger partial charge in [0.1, 0.15) is 0 Å². The zero-order chi connectivity index (χ0) is 12.2. The second kappa shape index (κ2) is 3.39. The number of Topliss-reactive ketones (excluding diaryl/α,β-unsaturated/α-hetero) is 1. The van der Waals surface area contributed by atoms with Gasteiger partial charge in [0.2, 0.25) is 5.78 Å². The number of ketones is 1. The summed E-state index contributed by atoms with van der Waals surface area (Å²) < 4.78 is 22.7. The van der Waals surface area contributed by atoms with Gasteiger partial charge in [-0.3, -0.25) is 4.79 Å². The summed E-state index contributed by atoms with van der Waals surface area (Å²) in [5, 5.41) is 0. The predicted molar refractivity (Wildman–Crippen MR) is 59.0 cm³/mol. The minimum atomic E-state index is -1.45. The van der Waals surface area contributed by atoms with E-state index in [2.05, 4.69) is 0 Å². The Labute approximate surface area is 104 Å². The molecule has 0 aromatic heterocycles. The lowest BCUT2D eigenvalue weighted by molar-refractivity contribution is -0.322. The van der Waals surface area contributed by atoms with Crippen LogP contribution < -0.4 is 0 Å². The van der Waals surface area contributed by atoms with Gasteiger partial charge in [-0.15, -0.1) is 0 Å². The summed E-state index contributed by atoms with van der Waals surface area (Å²) in [6.07, 6.45) is 0. The van der Waals surface area contributed by atoms with Gasteiger partial charge < -0.3 is 18.9 Å². The molecule has 94 valence electrons. The lowest BCUT2D eigenvalue weighted by Gasteiger charge is -2.35. The molecule has 0 amide bonds. The van der Waals surface area contributed by atoms with Crippen LogP contribution in [0.3, 0.4) is 0 Å². The van der Waals surface area contributed by atoms with E-state index in [1.54, 1.807) is 6.07 Å². The van der Waals surface area contributed by atoms with Crippen LogP contribution in [0.4, 0.5) is 0 Å². The Morgan fingerprint density at radius 3 is 2.06 bits per heavy atom. The van der Waals surface area contributed by atoms with Crippen LogP contribution in [0.1, 0.15) is 15.9 Å². The molecule has 2 heterocycles. The summed E-state index contributed by atoms with van der Waals surface area (Å²) in [7, 11) is 0. The van der Waals surface area contributed by atoms with E-state index in [4.69, 9.17) is 18.9 Å². The van der Waals surface area contributed by atoms with Crippen LogP contribution in [-0.4, -0.2) is 38.0 Å². The fraction of sp³-hybridized carbons (Fsp3) is 0.462. The van der Waals surface area contributed by atoms with Crippen LogP contribution in [0.5, 0.6) is 0 Å². The Morgan fingerprint density at radius 1 is 0.833 bits per heavy atom. The van der Waals surface area contributed by atoms with Crippen molar-refractivity contribution in [3.8, 4) is 0 Å². The van der Waals surface area contributed by atoms with Crippen molar-refractivity contribution in [1.29, 1.82) is 0 Å². The predicted octanol–water partition coefficient (Wildman–Crippen LogP) is 0.826. The maximum atomic E-state index is 12.6. The highest BCUT2D eigenvalue weighted by Crippen LogP contribution is 2.53. The Balaban J connectivity index is 1.99. The molecule has 1 aromatic carbocycles. The van der Waals surface area contributed by atoms with Gasteiger partial charge in [0.05, 0.1) is 26.4 Å². The smallest absolute Gasteiger partial charge is 0.294 e. The summed E-state index contributed by atoms with van der Waals surface area (Å²) in [5.74, 6) is -2.89. The van der Waals surface area contributed by atoms with E-state index in [-0.39, 0.29) is 5.78 Å². The maximum absolute atomic E-state index is 12.6. The molecule has 0 unspecified atom stereocenters. The second-order valence-electron chi connectivity index (χ2n) is 4.50. The van der Waals surface area contributed by atoms with Crippen molar-refractivity contribution in [3.63, 3.8) is 0 Å². The average molecular weight is 248 g/mol. The van der Waals surface area contributed by atoms with E-state index >= 15 is 0 Å². The van der Waals surface area contributed by atoms with E-state index in [1.165, 1.54) is 0 Å². The minimum absolute atomic E-state index is 0.211. The van der Waals surface area contributed by atoms with E-state index in [0.29, 0.717) is 37.6 Å². The van der Waals surface area contributed by atoms with Crippen molar-refractivity contribution in [2.24, 2.45) is 0 Å². The molecular formula is C13H12O5. The SMILES string of the molecule is O=C1c2ccccc2C2(OCCO2)C12OCCO2. The Bertz CT molecular complexity index is 512. The third-order valence-electron chi connectivity index (χ3n) is 3.65. The third-order valence-corrected chi connectivity index (χ3v) is 3.65. The number of rotatable bonds is 0. The summed E-state index contributed by atoms with van der Waals surface area (Å²) in [5.41, 5.74) is 1.26. The zero-order valence-corrected chi connectivity index (χ0v) is 9.68.